The Kier molecular flexibility index (Phi) is 7.12. The van der Waals surface area contributed by atoms with Crippen molar-refractivity contribution in [1.82, 2.24) is 19.7 Å². The zero-order valence-corrected chi connectivity index (χ0v) is 17.8. The first-order valence-electron chi connectivity index (χ1n) is 8.94. The smallest absolute Gasteiger partial charge is 0.236 e. The number of hydrogen-bond acceptors (Lipinski definition) is 4. The van der Waals surface area contributed by atoms with Gasteiger partial charge in [-0.15, -0.1) is 10.2 Å². The number of carbonyl (C=O) groups is 1. The topological polar surface area (TPSA) is 51.0 Å². The first-order chi connectivity index (χ1) is 12.3. The molecule has 0 bridgehead atoms. The van der Waals surface area contributed by atoms with Gasteiger partial charge in [-0.05, 0) is 65.8 Å². The molecule has 2 rings (SSSR count). The number of halogens is 1. The fourth-order valence-corrected chi connectivity index (χ4v) is 4.09. The maximum Gasteiger partial charge on any atom is 0.236 e. The van der Waals surface area contributed by atoms with Crippen LogP contribution in [0.3, 0.4) is 0 Å². The van der Waals surface area contributed by atoms with Crippen molar-refractivity contribution in [1.29, 1.82) is 0 Å². The van der Waals surface area contributed by atoms with Gasteiger partial charge in [0.1, 0.15) is 0 Å². The fraction of sp³-hybridized carbons (Fsp3) is 0.526. The summed E-state index contributed by atoms with van der Waals surface area (Å²) in [5.41, 5.74) is 0.959. The van der Waals surface area contributed by atoms with Crippen LogP contribution in [-0.4, -0.2) is 42.9 Å². The number of benzene rings is 1. The lowest BCUT2D eigenvalue weighted by Gasteiger charge is -2.32. The zero-order valence-electron chi connectivity index (χ0n) is 16.2. The summed E-state index contributed by atoms with van der Waals surface area (Å²) in [5.74, 6) is 0.912. The highest BCUT2D eigenvalue weighted by atomic mass is 35.5. The number of amides is 1. The Hall–Kier alpha value is -1.53. The van der Waals surface area contributed by atoms with Gasteiger partial charge in [-0.1, -0.05) is 23.4 Å². The third kappa shape index (κ3) is 4.60. The van der Waals surface area contributed by atoms with Gasteiger partial charge in [0.25, 0.3) is 0 Å². The molecule has 0 aliphatic heterocycles. The number of rotatable bonds is 7. The molecule has 1 heterocycles. The second-order valence-electron chi connectivity index (χ2n) is 6.75. The minimum absolute atomic E-state index is 0.124. The minimum Gasteiger partial charge on any atom is -0.337 e. The number of aromatic nitrogens is 3. The van der Waals surface area contributed by atoms with E-state index >= 15 is 0 Å². The molecular formula is C19H27ClN4OS. The molecule has 142 valence electrons. The van der Waals surface area contributed by atoms with Crippen LogP contribution in [0.4, 0.5) is 0 Å². The second-order valence-corrected chi connectivity index (χ2v) is 8.49. The van der Waals surface area contributed by atoms with Gasteiger partial charge in [0.15, 0.2) is 11.0 Å². The predicted molar refractivity (Wildman–Crippen MR) is 109 cm³/mol. The van der Waals surface area contributed by atoms with Gasteiger partial charge in [-0.3, -0.25) is 4.79 Å². The van der Waals surface area contributed by atoms with Crippen LogP contribution in [0, 0.1) is 0 Å². The largest absolute Gasteiger partial charge is 0.337 e. The van der Waals surface area contributed by atoms with Crippen LogP contribution >= 0.6 is 23.4 Å². The van der Waals surface area contributed by atoms with Crippen molar-refractivity contribution in [2.75, 3.05) is 0 Å². The highest BCUT2D eigenvalue weighted by molar-refractivity contribution is 8.00. The van der Waals surface area contributed by atoms with Crippen LogP contribution in [-0.2, 0) is 11.3 Å². The van der Waals surface area contributed by atoms with Crippen LogP contribution in [0.2, 0.25) is 5.02 Å². The second kappa shape index (κ2) is 8.91. The van der Waals surface area contributed by atoms with E-state index in [-0.39, 0.29) is 23.2 Å². The number of nitrogens with zero attached hydrogens (tertiary/aromatic N) is 4. The lowest BCUT2D eigenvalue weighted by Crippen LogP contribution is -2.45. The van der Waals surface area contributed by atoms with Crippen molar-refractivity contribution in [3.8, 4) is 11.4 Å². The zero-order chi connectivity index (χ0) is 19.4. The molecular weight excluding hydrogens is 368 g/mol. The van der Waals surface area contributed by atoms with E-state index in [1.165, 1.54) is 11.8 Å². The summed E-state index contributed by atoms with van der Waals surface area (Å²) in [6.45, 7) is 12.9. The summed E-state index contributed by atoms with van der Waals surface area (Å²) >= 11 is 7.43. The lowest BCUT2D eigenvalue weighted by atomic mass is 10.2. The molecule has 1 aromatic heterocycles. The Morgan fingerprint density at radius 3 is 2.19 bits per heavy atom. The maximum absolute atomic E-state index is 12.9. The number of carbonyl (C=O) groups excluding carboxylic acids is 1. The average Bonchev–Trinajstić information content (AvgIpc) is 2.97. The molecule has 26 heavy (non-hydrogen) atoms. The SMILES string of the molecule is CCn1c(SC(C)C(=O)N(C(C)C)C(C)C)nnc1-c1ccc(Cl)cc1. The van der Waals surface area contributed by atoms with Gasteiger partial charge < -0.3 is 9.47 Å². The maximum atomic E-state index is 12.9. The third-order valence-corrected chi connectivity index (χ3v) is 5.45. The van der Waals surface area contributed by atoms with Gasteiger partial charge in [-0.25, -0.2) is 0 Å². The average molecular weight is 395 g/mol. The first-order valence-corrected chi connectivity index (χ1v) is 10.2. The summed E-state index contributed by atoms with van der Waals surface area (Å²) in [6, 6.07) is 7.88. The van der Waals surface area contributed by atoms with E-state index in [1.54, 1.807) is 0 Å². The lowest BCUT2D eigenvalue weighted by molar-refractivity contribution is -0.133. The summed E-state index contributed by atoms with van der Waals surface area (Å²) < 4.78 is 2.03. The number of hydrogen-bond donors (Lipinski definition) is 0. The molecule has 1 aromatic carbocycles. The molecule has 2 aromatic rings. The van der Waals surface area contributed by atoms with Crippen molar-refractivity contribution >= 4 is 29.3 Å². The molecule has 1 unspecified atom stereocenters. The monoisotopic (exact) mass is 394 g/mol. The summed E-state index contributed by atoms with van der Waals surface area (Å²) in [7, 11) is 0. The van der Waals surface area contributed by atoms with Crippen molar-refractivity contribution in [3.05, 3.63) is 29.3 Å². The molecule has 1 amide bonds. The Bertz CT molecular complexity index is 734. The Labute approximate surface area is 165 Å². The molecule has 5 nitrogen and oxygen atoms in total. The van der Waals surface area contributed by atoms with Crippen LogP contribution in [0.1, 0.15) is 41.5 Å². The van der Waals surface area contributed by atoms with Gasteiger partial charge in [0.2, 0.25) is 5.91 Å². The molecule has 7 heteroatoms. The van der Waals surface area contributed by atoms with Gasteiger partial charge in [0.05, 0.1) is 5.25 Å². The highest BCUT2D eigenvalue weighted by Gasteiger charge is 2.27. The number of thioether (sulfide) groups is 1. The van der Waals surface area contributed by atoms with Gasteiger partial charge in [0, 0.05) is 29.2 Å². The van der Waals surface area contributed by atoms with E-state index in [4.69, 9.17) is 11.6 Å². The van der Waals surface area contributed by atoms with E-state index < -0.39 is 0 Å². The van der Waals surface area contributed by atoms with E-state index in [9.17, 15) is 4.79 Å². The van der Waals surface area contributed by atoms with E-state index in [0.717, 1.165) is 23.1 Å². The van der Waals surface area contributed by atoms with Crippen LogP contribution in [0.25, 0.3) is 11.4 Å². The highest BCUT2D eigenvalue weighted by Crippen LogP contribution is 2.28. The molecule has 0 aliphatic carbocycles. The fourth-order valence-electron chi connectivity index (χ4n) is 3.00. The molecule has 0 aliphatic rings. The minimum atomic E-state index is -0.229. The van der Waals surface area contributed by atoms with Crippen molar-refractivity contribution < 1.29 is 4.79 Å². The molecule has 0 radical (unpaired) electrons. The normalized spacial score (nSPS) is 12.7. The molecule has 0 saturated carbocycles. The Balaban J connectivity index is 2.24. The van der Waals surface area contributed by atoms with E-state index in [0.29, 0.717) is 5.02 Å². The van der Waals surface area contributed by atoms with Gasteiger partial charge >= 0.3 is 0 Å². The Morgan fingerprint density at radius 2 is 1.69 bits per heavy atom. The van der Waals surface area contributed by atoms with Crippen LogP contribution < -0.4 is 0 Å². The van der Waals surface area contributed by atoms with Gasteiger partial charge in [-0.2, -0.15) is 0 Å². The molecule has 0 N–H and O–H groups in total. The van der Waals surface area contributed by atoms with Crippen LogP contribution in [0.5, 0.6) is 0 Å². The summed E-state index contributed by atoms with van der Waals surface area (Å²) in [6.07, 6.45) is 0. The van der Waals surface area contributed by atoms with Crippen molar-refractivity contribution in [3.63, 3.8) is 0 Å². The standard InChI is InChI=1S/C19H27ClN4OS/c1-7-23-17(15-8-10-16(20)11-9-15)21-22-19(23)26-14(6)18(25)24(12(2)3)13(4)5/h8-14H,7H2,1-6H3. The predicted octanol–water partition coefficient (Wildman–Crippen LogP) is 4.74. The molecule has 0 spiro atoms. The van der Waals surface area contributed by atoms with E-state index in [2.05, 4.69) is 10.2 Å². The summed E-state index contributed by atoms with van der Waals surface area (Å²) in [5, 5.41) is 9.88. The summed E-state index contributed by atoms with van der Waals surface area (Å²) in [4.78, 5) is 14.8. The molecule has 1 atom stereocenters. The quantitative estimate of drug-likeness (QED) is 0.636. The first kappa shape index (κ1) is 20.8. The van der Waals surface area contributed by atoms with Crippen molar-refractivity contribution in [2.24, 2.45) is 0 Å². The molecule has 0 saturated heterocycles. The molecule has 0 fully saturated rings. The van der Waals surface area contributed by atoms with E-state index in [1.807, 2.05) is 75.3 Å². The third-order valence-electron chi connectivity index (χ3n) is 4.13. The Morgan fingerprint density at radius 1 is 1.12 bits per heavy atom. The van der Waals surface area contributed by atoms with Crippen molar-refractivity contribution in [2.45, 2.75) is 70.6 Å². The van der Waals surface area contributed by atoms with Crippen LogP contribution in [0.15, 0.2) is 29.4 Å².